The number of anilines is 1. The summed E-state index contributed by atoms with van der Waals surface area (Å²) in [6.45, 7) is 5.92. The van der Waals surface area contributed by atoms with Crippen LogP contribution in [0.2, 0.25) is 0 Å². The molecular weight excluding hydrogens is 242 g/mol. The lowest BCUT2D eigenvalue weighted by atomic mass is 9.80. The number of carboxylic acid groups (broad SMARTS) is 1. The van der Waals surface area contributed by atoms with E-state index in [0.717, 1.165) is 17.7 Å². The highest BCUT2D eigenvalue weighted by Gasteiger charge is 2.41. The summed E-state index contributed by atoms with van der Waals surface area (Å²) in [6, 6.07) is 7.67. The second-order valence-corrected chi connectivity index (χ2v) is 6.01. The van der Waals surface area contributed by atoms with E-state index in [4.69, 9.17) is 0 Å². The fourth-order valence-corrected chi connectivity index (χ4v) is 2.57. The van der Waals surface area contributed by atoms with Gasteiger partial charge in [-0.2, -0.15) is 0 Å². The fourth-order valence-electron chi connectivity index (χ4n) is 2.57. The number of para-hydroxylation sites is 1. The minimum absolute atomic E-state index is 0.315. The van der Waals surface area contributed by atoms with Gasteiger partial charge in [-0.25, -0.2) is 0 Å². The van der Waals surface area contributed by atoms with Crippen molar-refractivity contribution in [2.45, 2.75) is 27.2 Å². The van der Waals surface area contributed by atoms with Gasteiger partial charge in [-0.3, -0.25) is 9.59 Å². The second-order valence-electron chi connectivity index (χ2n) is 6.01. The molecule has 1 aliphatic heterocycles. The van der Waals surface area contributed by atoms with Crippen LogP contribution < -0.4 is 4.90 Å². The first-order chi connectivity index (χ1) is 8.82. The summed E-state index contributed by atoms with van der Waals surface area (Å²) >= 11 is 0. The van der Waals surface area contributed by atoms with Crippen molar-refractivity contribution >= 4 is 17.6 Å². The van der Waals surface area contributed by atoms with Gasteiger partial charge in [-0.15, -0.1) is 0 Å². The fraction of sp³-hybridized carbons (Fsp3) is 0.467. The molecule has 2 rings (SSSR count). The summed E-state index contributed by atoms with van der Waals surface area (Å²) in [6.07, 6.45) is 0.790. The summed E-state index contributed by atoms with van der Waals surface area (Å²) in [5, 5.41) is 9.34. The van der Waals surface area contributed by atoms with Crippen molar-refractivity contribution in [3.8, 4) is 0 Å². The van der Waals surface area contributed by atoms with Gasteiger partial charge in [-0.05, 0) is 23.5 Å². The highest BCUT2D eigenvalue weighted by atomic mass is 16.4. The second kappa shape index (κ2) is 4.68. The van der Waals surface area contributed by atoms with Gasteiger partial charge in [0.05, 0.1) is 0 Å². The third-order valence-corrected chi connectivity index (χ3v) is 3.51. The molecule has 1 aliphatic rings. The highest BCUT2D eigenvalue weighted by Crippen LogP contribution is 2.33. The molecule has 0 radical (unpaired) electrons. The lowest BCUT2D eigenvalue weighted by molar-refractivity contribution is -0.150. The molecule has 1 amide bonds. The molecule has 4 nitrogen and oxygen atoms in total. The van der Waals surface area contributed by atoms with E-state index in [1.165, 1.54) is 0 Å². The Labute approximate surface area is 113 Å². The molecule has 0 bridgehead atoms. The lowest BCUT2D eigenvalue weighted by Crippen LogP contribution is -2.44. The zero-order chi connectivity index (χ0) is 14.2. The van der Waals surface area contributed by atoms with Gasteiger partial charge in [0.25, 0.3) is 0 Å². The third kappa shape index (κ3) is 2.48. The molecule has 0 spiro atoms. The highest BCUT2D eigenvalue weighted by molar-refractivity contribution is 6.07. The van der Waals surface area contributed by atoms with E-state index in [0.29, 0.717) is 6.54 Å². The Morgan fingerprint density at radius 3 is 2.47 bits per heavy atom. The van der Waals surface area contributed by atoms with E-state index in [1.807, 2.05) is 24.3 Å². The normalized spacial score (nSPS) is 16.1. The number of rotatable bonds is 2. The number of hydrogen-bond donors (Lipinski definition) is 1. The van der Waals surface area contributed by atoms with Crippen LogP contribution in [0.3, 0.4) is 0 Å². The van der Waals surface area contributed by atoms with E-state index >= 15 is 0 Å². The summed E-state index contributed by atoms with van der Waals surface area (Å²) in [5.74, 6) is -2.38. The predicted octanol–water partition coefficient (Wildman–Crippen LogP) is 2.32. The number of carboxylic acids is 1. The lowest BCUT2D eigenvalue weighted by Gasteiger charge is -2.30. The van der Waals surface area contributed by atoms with Crippen molar-refractivity contribution < 1.29 is 14.7 Å². The molecule has 19 heavy (non-hydrogen) atoms. The molecular formula is C15H19NO3. The van der Waals surface area contributed by atoms with Crippen molar-refractivity contribution in [2.75, 3.05) is 11.4 Å². The van der Waals surface area contributed by atoms with Crippen LogP contribution in [0.1, 0.15) is 26.3 Å². The molecule has 1 N–H and O–H groups in total. The summed E-state index contributed by atoms with van der Waals surface area (Å²) in [7, 11) is 0. The van der Waals surface area contributed by atoms with Crippen LogP contribution in [0, 0.1) is 11.3 Å². The molecule has 4 heteroatoms. The number of amides is 1. The standard InChI is InChI=1S/C15H19NO3/c1-15(2,3)12(14(18)19)13(17)16-9-8-10-6-4-5-7-11(10)16/h4-7,12H,8-9H2,1-3H3,(H,18,19). The molecule has 0 fully saturated rings. The van der Waals surface area contributed by atoms with Crippen molar-refractivity contribution in [1.29, 1.82) is 0 Å². The number of carbonyl (C=O) groups excluding carboxylic acids is 1. The van der Waals surface area contributed by atoms with E-state index in [1.54, 1.807) is 25.7 Å². The quantitative estimate of drug-likeness (QED) is 0.831. The van der Waals surface area contributed by atoms with Crippen molar-refractivity contribution in [1.82, 2.24) is 0 Å². The van der Waals surface area contributed by atoms with Crippen LogP contribution in [0.4, 0.5) is 5.69 Å². The van der Waals surface area contributed by atoms with Gasteiger partial charge in [0, 0.05) is 12.2 Å². The minimum Gasteiger partial charge on any atom is -0.481 e. The molecule has 0 aromatic heterocycles. The predicted molar refractivity (Wildman–Crippen MR) is 73.1 cm³/mol. The van der Waals surface area contributed by atoms with Crippen LogP contribution in [0.5, 0.6) is 0 Å². The van der Waals surface area contributed by atoms with E-state index < -0.39 is 17.3 Å². The topological polar surface area (TPSA) is 57.6 Å². The molecule has 0 aliphatic carbocycles. The number of fused-ring (bicyclic) bond motifs is 1. The zero-order valence-corrected chi connectivity index (χ0v) is 11.5. The first kappa shape index (κ1) is 13.6. The Hall–Kier alpha value is -1.84. The number of carbonyl (C=O) groups is 2. The molecule has 0 saturated heterocycles. The summed E-state index contributed by atoms with van der Waals surface area (Å²) in [5.41, 5.74) is 1.36. The van der Waals surface area contributed by atoms with Gasteiger partial charge in [0.15, 0.2) is 0 Å². The van der Waals surface area contributed by atoms with Crippen molar-refractivity contribution in [2.24, 2.45) is 11.3 Å². The maximum absolute atomic E-state index is 12.5. The van der Waals surface area contributed by atoms with Crippen LogP contribution >= 0.6 is 0 Å². The van der Waals surface area contributed by atoms with Crippen molar-refractivity contribution in [3.05, 3.63) is 29.8 Å². The largest absolute Gasteiger partial charge is 0.481 e. The molecule has 102 valence electrons. The average Bonchev–Trinajstić information content (AvgIpc) is 2.69. The summed E-state index contributed by atoms with van der Waals surface area (Å²) in [4.78, 5) is 25.6. The van der Waals surface area contributed by atoms with E-state index in [2.05, 4.69) is 0 Å². The van der Waals surface area contributed by atoms with Crippen LogP contribution in [-0.4, -0.2) is 23.5 Å². The smallest absolute Gasteiger partial charge is 0.316 e. The van der Waals surface area contributed by atoms with Crippen LogP contribution in [-0.2, 0) is 16.0 Å². The number of benzene rings is 1. The SMILES string of the molecule is CC(C)(C)C(C(=O)O)C(=O)N1CCc2ccccc21. The number of hydrogen-bond acceptors (Lipinski definition) is 2. The molecule has 1 aromatic carbocycles. The Kier molecular flexibility index (Phi) is 3.35. The van der Waals surface area contributed by atoms with Crippen LogP contribution in [0.15, 0.2) is 24.3 Å². The van der Waals surface area contributed by atoms with Gasteiger partial charge in [-0.1, -0.05) is 39.0 Å². The van der Waals surface area contributed by atoms with Gasteiger partial charge < -0.3 is 10.0 Å². The zero-order valence-electron chi connectivity index (χ0n) is 11.5. The monoisotopic (exact) mass is 261 g/mol. The van der Waals surface area contributed by atoms with Gasteiger partial charge in [0.2, 0.25) is 5.91 Å². The van der Waals surface area contributed by atoms with Crippen LogP contribution in [0.25, 0.3) is 0 Å². The Bertz CT molecular complexity index is 516. The Morgan fingerprint density at radius 1 is 1.26 bits per heavy atom. The minimum atomic E-state index is -1.05. The number of nitrogens with zero attached hydrogens (tertiary/aromatic N) is 1. The molecule has 0 saturated carbocycles. The third-order valence-electron chi connectivity index (χ3n) is 3.51. The average molecular weight is 261 g/mol. The maximum Gasteiger partial charge on any atom is 0.316 e. The molecule has 1 heterocycles. The molecule has 1 unspecified atom stereocenters. The van der Waals surface area contributed by atoms with Gasteiger partial charge in [0.1, 0.15) is 5.92 Å². The Morgan fingerprint density at radius 2 is 1.89 bits per heavy atom. The number of aliphatic carboxylic acids is 1. The van der Waals surface area contributed by atoms with Gasteiger partial charge >= 0.3 is 5.97 Å². The van der Waals surface area contributed by atoms with E-state index in [-0.39, 0.29) is 5.91 Å². The molecule has 1 aromatic rings. The first-order valence-electron chi connectivity index (χ1n) is 6.44. The van der Waals surface area contributed by atoms with E-state index in [9.17, 15) is 14.7 Å². The first-order valence-corrected chi connectivity index (χ1v) is 6.44. The maximum atomic E-state index is 12.5. The molecule has 1 atom stereocenters. The Balaban J connectivity index is 2.33. The summed E-state index contributed by atoms with van der Waals surface area (Å²) < 4.78 is 0. The van der Waals surface area contributed by atoms with Crippen molar-refractivity contribution in [3.63, 3.8) is 0 Å².